The van der Waals surface area contributed by atoms with Crippen LogP contribution in [0, 0.1) is 46.8 Å². The topological polar surface area (TPSA) is 34.1 Å². The third-order valence-corrected chi connectivity index (χ3v) is 6.42. The maximum atomic E-state index is 12.2. The summed E-state index contributed by atoms with van der Waals surface area (Å²) >= 11 is 0. The number of fused-ring (bicyclic) bond motifs is 2. The third-order valence-electron chi connectivity index (χ3n) is 6.42. The van der Waals surface area contributed by atoms with E-state index in [1.165, 1.54) is 6.42 Å². The van der Waals surface area contributed by atoms with Crippen LogP contribution in [0.4, 0.5) is 0 Å². The van der Waals surface area contributed by atoms with Crippen molar-refractivity contribution in [2.45, 2.75) is 13.3 Å². The Balaban J connectivity index is 1.93. The second-order valence-corrected chi connectivity index (χ2v) is 6.25. The average molecular weight is 188 g/mol. The van der Waals surface area contributed by atoms with E-state index in [2.05, 4.69) is 6.92 Å². The van der Waals surface area contributed by atoms with Crippen LogP contribution in [0.15, 0.2) is 0 Å². The molecule has 0 amide bonds. The highest BCUT2D eigenvalue weighted by Gasteiger charge is 2.88. The van der Waals surface area contributed by atoms with E-state index in [9.17, 15) is 9.59 Å². The maximum absolute atomic E-state index is 12.2. The van der Waals surface area contributed by atoms with Gasteiger partial charge in [-0.2, -0.15) is 0 Å². The quantitative estimate of drug-likeness (QED) is 0.566. The molecule has 5 aliphatic rings. The SMILES string of the molecule is C[C@@]12C(=O)[C@@H]3[C@@H]4C[C@H]5[C@@H]3C(=O)[C@H]1[C@H]5[C@@H]42. The van der Waals surface area contributed by atoms with Crippen LogP contribution in [0.25, 0.3) is 0 Å². The predicted octanol–water partition coefficient (Wildman–Crippen LogP) is 0.902. The van der Waals surface area contributed by atoms with Gasteiger partial charge >= 0.3 is 0 Å². The second kappa shape index (κ2) is 1.43. The maximum Gasteiger partial charge on any atom is 0.143 e. The molecule has 5 aliphatic carbocycles. The highest BCUT2D eigenvalue weighted by atomic mass is 16.1. The molecule has 0 N–H and O–H groups in total. The number of Topliss-reactive ketones (excluding diaryl/α,β-unsaturated/α-hetero) is 2. The molecule has 0 unspecified atom stereocenters. The van der Waals surface area contributed by atoms with E-state index in [0.29, 0.717) is 35.2 Å². The average Bonchev–Trinajstić information content (AvgIpc) is 2.67. The monoisotopic (exact) mass is 188 g/mol. The zero-order valence-corrected chi connectivity index (χ0v) is 8.07. The number of carbonyl (C=O) groups excluding carboxylic acids is 2. The number of ketones is 2. The predicted molar refractivity (Wildman–Crippen MR) is 47.2 cm³/mol. The summed E-state index contributed by atoms with van der Waals surface area (Å²) in [6.45, 7) is 2.08. The summed E-state index contributed by atoms with van der Waals surface area (Å²) in [7, 11) is 0. The van der Waals surface area contributed by atoms with Crippen molar-refractivity contribution in [1.82, 2.24) is 0 Å². The molecule has 5 fully saturated rings. The van der Waals surface area contributed by atoms with Crippen LogP contribution in [0.5, 0.6) is 0 Å². The van der Waals surface area contributed by atoms with Gasteiger partial charge in [-0.1, -0.05) is 6.92 Å². The molecule has 72 valence electrons. The van der Waals surface area contributed by atoms with E-state index in [1.807, 2.05) is 0 Å². The van der Waals surface area contributed by atoms with Gasteiger partial charge in [-0.15, -0.1) is 0 Å². The van der Waals surface area contributed by atoms with Crippen LogP contribution in [-0.2, 0) is 9.59 Å². The summed E-state index contributed by atoms with van der Waals surface area (Å²) in [5.74, 6) is 4.00. The van der Waals surface area contributed by atoms with Gasteiger partial charge < -0.3 is 0 Å². The molecule has 8 atom stereocenters. The van der Waals surface area contributed by atoms with Crippen molar-refractivity contribution in [2.75, 3.05) is 0 Å². The van der Waals surface area contributed by atoms with Gasteiger partial charge in [0.1, 0.15) is 11.6 Å². The van der Waals surface area contributed by atoms with Crippen molar-refractivity contribution >= 4 is 11.6 Å². The van der Waals surface area contributed by atoms with E-state index in [-0.39, 0.29) is 23.2 Å². The highest BCUT2D eigenvalue weighted by Crippen LogP contribution is 2.84. The molecule has 14 heavy (non-hydrogen) atoms. The Morgan fingerprint density at radius 1 is 1.21 bits per heavy atom. The van der Waals surface area contributed by atoms with Crippen LogP contribution >= 0.6 is 0 Å². The Bertz CT molecular complexity index is 422. The normalized spacial score (nSPS) is 75.1. The van der Waals surface area contributed by atoms with Crippen LogP contribution < -0.4 is 0 Å². The molecule has 5 saturated carbocycles. The van der Waals surface area contributed by atoms with Crippen LogP contribution in [0.1, 0.15) is 13.3 Å². The lowest BCUT2D eigenvalue weighted by Gasteiger charge is -2.51. The molecular weight excluding hydrogens is 176 g/mol. The Morgan fingerprint density at radius 3 is 2.79 bits per heavy atom. The first-order chi connectivity index (χ1) is 6.67. The smallest absolute Gasteiger partial charge is 0.143 e. The van der Waals surface area contributed by atoms with Gasteiger partial charge in [-0.05, 0) is 30.1 Å². The first-order valence-electron chi connectivity index (χ1n) is 5.75. The van der Waals surface area contributed by atoms with Crippen molar-refractivity contribution < 1.29 is 9.59 Å². The second-order valence-electron chi connectivity index (χ2n) is 6.25. The van der Waals surface area contributed by atoms with E-state index < -0.39 is 0 Å². The number of hydrogen-bond acceptors (Lipinski definition) is 2. The minimum atomic E-state index is -0.182. The molecule has 2 heteroatoms. The fourth-order valence-electron chi connectivity index (χ4n) is 6.36. The number of carbonyl (C=O) groups is 2. The molecule has 0 saturated heterocycles. The molecule has 2 nitrogen and oxygen atoms in total. The minimum Gasteiger partial charge on any atom is -0.299 e. The Morgan fingerprint density at radius 2 is 2.00 bits per heavy atom. The third kappa shape index (κ3) is 0.322. The molecule has 0 aromatic carbocycles. The van der Waals surface area contributed by atoms with Gasteiger partial charge in [-0.25, -0.2) is 0 Å². The van der Waals surface area contributed by atoms with Crippen molar-refractivity contribution in [1.29, 1.82) is 0 Å². The first-order valence-corrected chi connectivity index (χ1v) is 5.75. The van der Waals surface area contributed by atoms with Gasteiger partial charge in [0, 0.05) is 23.2 Å². The Kier molecular flexibility index (Phi) is 0.689. The molecule has 0 aromatic heterocycles. The van der Waals surface area contributed by atoms with Gasteiger partial charge in [0.2, 0.25) is 0 Å². The largest absolute Gasteiger partial charge is 0.299 e. The van der Waals surface area contributed by atoms with E-state index in [0.717, 1.165) is 0 Å². The summed E-state index contributed by atoms with van der Waals surface area (Å²) < 4.78 is 0. The van der Waals surface area contributed by atoms with Gasteiger partial charge in [0.25, 0.3) is 0 Å². The lowest BCUT2D eigenvalue weighted by molar-refractivity contribution is -0.158. The number of rotatable bonds is 0. The van der Waals surface area contributed by atoms with Crippen molar-refractivity contribution in [2.24, 2.45) is 46.8 Å². The zero-order valence-electron chi connectivity index (χ0n) is 8.07. The van der Waals surface area contributed by atoms with Crippen molar-refractivity contribution in [3.8, 4) is 0 Å². The van der Waals surface area contributed by atoms with Gasteiger partial charge in [0.15, 0.2) is 0 Å². The first kappa shape index (κ1) is 6.76. The molecule has 0 heterocycles. The van der Waals surface area contributed by atoms with Crippen LogP contribution in [0.3, 0.4) is 0 Å². The summed E-state index contributed by atoms with van der Waals surface area (Å²) in [5.41, 5.74) is -0.182. The van der Waals surface area contributed by atoms with Gasteiger partial charge in [-0.3, -0.25) is 9.59 Å². The highest BCUT2D eigenvalue weighted by molar-refractivity contribution is 6.08. The van der Waals surface area contributed by atoms with Crippen LogP contribution in [-0.4, -0.2) is 11.6 Å². The molecule has 0 aromatic rings. The molecule has 0 aliphatic heterocycles. The summed E-state index contributed by atoms with van der Waals surface area (Å²) in [6, 6.07) is 0. The van der Waals surface area contributed by atoms with Crippen molar-refractivity contribution in [3.05, 3.63) is 0 Å². The molecule has 0 radical (unpaired) electrons. The molecule has 5 rings (SSSR count). The lowest BCUT2D eigenvalue weighted by Crippen LogP contribution is -2.57. The fraction of sp³-hybridized carbons (Fsp3) is 0.833. The standard InChI is InChI=1S/C12H12O2/c1-12-8-4-2-3-5(6(4)11(12)14)10(13)9(12)7(3)8/h3-9H,2H2,1H3/t3-,4-,5-,6+,7+,8+,9+,12-/m0/s1. The zero-order chi connectivity index (χ0) is 9.40. The van der Waals surface area contributed by atoms with E-state index in [4.69, 9.17) is 0 Å². The Hall–Kier alpha value is -0.660. The molecular formula is C12H12O2. The molecule has 2 bridgehead atoms. The summed E-state index contributed by atoms with van der Waals surface area (Å²) in [4.78, 5) is 24.3. The van der Waals surface area contributed by atoms with Crippen molar-refractivity contribution in [3.63, 3.8) is 0 Å². The fourth-order valence-corrected chi connectivity index (χ4v) is 6.36. The summed E-state index contributed by atoms with van der Waals surface area (Å²) in [6.07, 6.45) is 1.20. The van der Waals surface area contributed by atoms with Crippen LogP contribution in [0.2, 0.25) is 0 Å². The lowest BCUT2D eigenvalue weighted by atomic mass is 9.49. The minimum absolute atomic E-state index is 0.166. The van der Waals surface area contributed by atoms with Gasteiger partial charge in [0.05, 0.1) is 0 Å². The molecule has 0 spiro atoms. The van der Waals surface area contributed by atoms with E-state index >= 15 is 0 Å². The van der Waals surface area contributed by atoms with E-state index in [1.54, 1.807) is 0 Å². The Labute approximate surface area is 82.0 Å². The number of hydrogen-bond donors (Lipinski definition) is 0. The summed E-state index contributed by atoms with van der Waals surface area (Å²) in [5, 5.41) is 0.